The maximum absolute atomic E-state index is 14.0. The molecule has 0 saturated heterocycles. The molecule has 0 atom stereocenters. The maximum atomic E-state index is 14.0. The molecule has 0 spiro atoms. The molecule has 7 heteroatoms. The standard InChI is InChI=1S/C16H10FNO5/c17-10-2-1-3-13(15(10)14-6-7-18-23-14)22-16(21)9-4-5-11(19)12(20)8-9/h1-8,19-20H. The summed E-state index contributed by atoms with van der Waals surface area (Å²) in [6.07, 6.45) is 1.34. The number of carbonyl (C=O) groups is 1. The molecule has 0 amide bonds. The highest BCUT2D eigenvalue weighted by Gasteiger charge is 2.19. The number of hydrogen-bond donors (Lipinski definition) is 2. The summed E-state index contributed by atoms with van der Waals surface area (Å²) in [7, 11) is 0. The van der Waals surface area contributed by atoms with Crippen LogP contribution in [0.25, 0.3) is 11.3 Å². The Balaban J connectivity index is 1.95. The van der Waals surface area contributed by atoms with E-state index in [0.717, 1.165) is 12.1 Å². The first kappa shape index (κ1) is 14.6. The molecule has 1 aromatic heterocycles. The molecule has 0 aliphatic heterocycles. The van der Waals surface area contributed by atoms with E-state index in [1.807, 2.05) is 0 Å². The van der Waals surface area contributed by atoms with Crippen molar-refractivity contribution in [2.24, 2.45) is 0 Å². The van der Waals surface area contributed by atoms with Crippen molar-refractivity contribution in [3.05, 3.63) is 60.0 Å². The second-order valence-corrected chi connectivity index (χ2v) is 4.58. The molecule has 116 valence electrons. The smallest absolute Gasteiger partial charge is 0.343 e. The number of carbonyl (C=O) groups excluding carboxylic acids is 1. The van der Waals surface area contributed by atoms with Crippen molar-refractivity contribution in [3.63, 3.8) is 0 Å². The second kappa shape index (κ2) is 5.80. The van der Waals surface area contributed by atoms with Gasteiger partial charge >= 0.3 is 5.97 Å². The highest BCUT2D eigenvalue weighted by atomic mass is 19.1. The summed E-state index contributed by atoms with van der Waals surface area (Å²) in [6.45, 7) is 0. The predicted octanol–water partition coefficient (Wildman–Crippen LogP) is 3.11. The van der Waals surface area contributed by atoms with Gasteiger partial charge in [0, 0.05) is 6.07 Å². The Kier molecular flexibility index (Phi) is 3.68. The number of phenolic OH excluding ortho intramolecular Hbond substituents is 2. The van der Waals surface area contributed by atoms with Crippen LogP contribution in [0.4, 0.5) is 4.39 Å². The molecule has 0 aliphatic rings. The maximum Gasteiger partial charge on any atom is 0.343 e. The quantitative estimate of drug-likeness (QED) is 0.438. The molecule has 23 heavy (non-hydrogen) atoms. The fourth-order valence-corrected chi connectivity index (χ4v) is 1.98. The van der Waals surface area contributed by atoms with Gasteiger partial charge in [-0.2, -0.15) is 0 Å². The molecule has 6 nitrogen and oxygen atoms in total. The van der Waals surface area contributed by atoms with Gasteiger partial charge in [-0.15, -0.1) is 0 Å². The van der Waals surface area contributed by atoms with E-state index in [1.54, 1.807) is 0 Å². The number of nitrogens with zero attached hydrogens (tertiary/aromatic N) is 1. The molecule has 0 saturated carbocycles. The second-order valence-electron chi connectivity index (χ2n) is 4.58. The zero-order valence-corrected chi connectivity index (χ0v) is 11.6. The molecule has 0 bridgehead atoms. The third-order valence-corrected chi connectivity index (χ3v) is 3.07. The molecule has 3 rings (SSSR count). The van der Waals surface area contributed by atoms with Gasteiger partial charge in [0.15, 0.2) is 17.3 Å². The Morgan fingerprint density at radius 1 is 1.13 bits per heavy atom. The average Bonchev–Trinajstić information content (AvgIpc) is 3.04. The van der Waals surface area contributed by atoms with Crippen molar-refractivity contribution in [1.82, 2.24) is 5.16 Å². The van der Waals surface area contributed by atoms with Crippen molar-refractivity contribution in [2.75, 3.05) is 0 Å². The molecular weight excluding hydrogens is 305 g/mol. The number of aromatic hydroxyl groups is 2. The van der Waals surface area contributed by atoms with E-state index in [4.69, 9.17) is 9.26 Å². The summed E-state index contributed by atoms with van der Waals surface area (Å²) in [4.78, 5) is 12.1. The lowest BCUT2D eigenvalue weighted by Gasteiger charge is -2.09. The van der Waals surface area contributed by atoms with Crippen LogP contribution in [0.15, 0.2) is 53.2 Å². The lowest BCUT2D eigenvalue weighted by Crippen LogP contribution is -2.09. The minimum Gasteiger partial charge on any atom is -0.504 e. The van der Waals surface area contributed by atoms with Crippen LogP contribution in [-0.4, -0.2) is 21.3 Å². The zero-order valence-electron chi connectivity index (χ0n) is 11.6. The van der Waals surface area contributed by atoms with Crippen molar-refractivity contribution >= 4 is 5.97 Å². The van der Waals surface area contributed by atoms with Crippen molar-refractivity contribution in [1.29, 1.82) is 0 Å². The Morgan fingerprint density at radius 2 is 1.96 bits per heavy atom. The molecule has 0 radical (unpaired) electrons. The number of halogens is 1. The monoisotopic (exact) mass is 315 g/mol. The van der Waals surface area contributed by atoms with E-state index >= 15 is 0 Å². The van der Waals surface area contributed by atoms with Gasteiger partial charge in [0.25, 0.3) is 0 Å². The molecule has 3 aromatic rings. The van der Waals surface area contributed by atoms with Crippen molar-refractivity contribution in [3.8, 4) is 28.6 Å². The minimum absolute atomic E-state index is 0.00641. The summed E-state index contributed by atoms with van der Waals surface area (Å²) in [5.41, 5.74) is -0.0468. The van der Waals surface area contributed by atoms with Crippen LogP contribution in [0.3, 0.4) is 0 Å². The van der Waals surface area contributed by atoms with E-state index in [9.17, 15) is 19.4 Å². The van der Waals surface area contributed by atoms with Crippen LogP contribution in [0.5, 0.6) is 17.2 Å². The van der Waals surface area contributed by atoms with Crippen LogP contribution < -0.4 is 4.74 Å². The van der Waals surface area contributed by atoms with Gasteiger partial charge in [0.1, 0.15) is 11.6 Å². The van der Waals surface area contributed by atoms with E-state index in [2.05, 4.69) is 5.16 Å². The first-order valence-corrected chi connectivity index (χ1v) is 6.50. The van der Waals surface area contributed by atoms with E-state index in [0.29, 0.717) is 0 Å². The largest absolute Gasteiger partial charge is 0.504 e. The first-order valence-electron chi connectivity index (χ1n) is 6.50. The average molecular weight is 315 g/mol. The zero-order chi connectivity index (χ0) is 16.4. The van der Waals surface area contributed by atoms with Gasteiger partial charge in [-0.25, -0.2) is 9.18 Å². The van der Waals surface area contributed by atoms with Gasteiger partial charge in [-0.05, 0) is 30.3 Å². The lowest BCUT2D eigenvalue weighted by atomic mass is 10.1. The Bertz CT molecular complexity index is 861. The van der Waals surface area contributed by atoms with Crippen LogP contribution in [0, 0.1) is 5.82 Å². The van der Waals surface area contributed by atoms with E-state index in [1.165, 1.54) is 36.5 Å². The van der Waals surface area contributed by atoms with Gasteiger partial charge in [-0.3, -0.25) is 0 Å². The normalized spacial score (nSPS) is 10.5. The van der Waals surface area contributed by atoms with Crippen molar-refractivity contribution in [2.45, 2.75) is 0 Å². The van der Waals surface area contributed by atoms with E-state index in [-0.39, 0.29) is 28.4 Å². The number of ether oxygens (including phenoxy) is 1. The highest BCUT2D eigenvalue weighted by molar-refractivity contribution is 5.92. The first-order chi connectivity index (χ1) is 11.1. The summed E-state index contributed by atoms with van der Waals surface area (Å²) in [5, 5.41) is 22.2. The Morgan fingerprint density at radius 3 is 2.65 bits per heavy atom. The molecule has 0 fully saturated rings. The lowest BCUT2D eigenvalue weighted by molar-refractivity contribution is 0.0734. The van der Waals surface area contributed by atoms with E-state index < -0.39 is 17.5 Å². The number of rotatable bonds is 3. The molecule has 0 aliphatic carbocycles. The van der Waals surface area contributed by atoms with Crippen LogP contribution >= 0.6 is 0 Å². The van der Waals surface area contributed by atoms with Crippen LogP contribution in [0.2, 0.25) is 0 Å². The summed E-state index contributed by atoms with van der Waals surface area (Å²) in [6, 6.07) is 8.87. The fourth-order valence-electron chi connectivity index (χ4n) is 1.98. The molecular formula is C16H10FNO5. The fraction of sp³-hybridized carbons (Fsp3) is 0. The topological polar surface area (TPSA) is 92.8 Å². The van der Waals surface area contributed by atoms with Gasteiger partial charge in [0.2, 0.25) is 0 Å². The SMILES string of the molecule is O=C(Oc1cccc(F)c1-c1ccno1)c1ccc(O)c(O)c1. The molecule has 2 N–H and O–H groups in total. The molecule has 1 heterocycles. The third-order valence-electron chi connectivity index (χ3n) is 3.07. The Hall–Kier alpha value is -3.35. The molecule has 2 aromatic carbocycles. The predicted molar refractivity (Wildman–Crippen MR) is 76.6 cm³/mol. The summed E-state index contributed by atoms with van der Waals surface area (Å²) < 4.78 is 24.1. The number of esters is 1. The minimum atomic E-state index is -0.827. The van der Waals surface area contributed by atoms with Crippen LogP contribution in [0.1, 0.15) is 10.4 Å². The van der Waals surface area contributed by atoms with Crippen molar-refractivity contribution < 1.29 is 28.7 Å². The number of aromatic nitrogens is 1. The van der Waals surface area contributed by atoms with Gasteiger partial charge in [-0.1, -0.05) is 11.2 Å². The number of hydrogen-bond acceptors (Lipinski definition) is 6. The van der Waals surface area contributed by atoms with Crippen LogP contribution in [-0.2, 0) is 0 Å². The number of phenols is 2. The molecule has 0 unspecified atom stereocenters. The summed E-state index contributed by atoms with van der Waals surface area (Å²) in [5.74, 6) is -2.24. The Labute approximate surface area is 129 Å². The summed E-state index contributed by atoms with van der Waals surface area (Å²) >= 11 is 0. The van der Waals surface area contributed by atoms with Gasteiger partial charge < -0.3 is 19.5 Å². The third kappa shape index (κ3) is 2.84. The number of benzene rings is 2. The highest BCUT2D eigenvalue weighted by Crippen LogP contribution is 2.33. The van der Waals surface area contributed by atoms with Gasteiger partial charge in [0.05, 0.1) is 17.3 Å².